The van der Waals surface area contributed by atoms with Crippen LogP contribution in [0.2, 0.25) is 0 Å². The predicted octanol–water partition coefficient (Wildman–Crippen LogP) is 4.67. The van der Waals surface area contributed by atoms with E-state index in [2.05, 4.69) is 41.9 Å². The minimum absolute atomic E-state index is 0.0971. The fourth-order valence-corrected chi connectivity index (χ4v) is 4.94. The summed E-state index contributed by atoms with van der Waals surface area (Å²) in [6.07, 6.45) is 10.0. The Labute approximate surface area is 144 Å². The van der Waals surface area contributed by atoms with Gasteiger partial charge < -0.3 is 9.88 Å². The van der Waals surface area contributed by atoms with Crippen molar-refractivity contribution in [2.24, 2.45) is 11.3 Å². The molecule has 1 heterocycles. The van der Waals surface area contributed by atoms with E-state index >= 15 is 0 Å². The molecule has 0 spiro atoms. The number of hydrogen-bond acceptors (Lipinski definition) is 1. The highest BCUT2D eigenvalue weighted by molar-refractivity contribution is 6.07. The van der Waals surface area contributed by atoms with Gasteiger partial charge in [0.05, 0.1) is 11.1 Å². The fraction of sp³-hybridized carbons (Fsp3) is 0.571. The Kier molecular flexibility index (Phi) is 3.90. The van der Waals surface area contributed by atoms with Crippen LogP contribution < -0.4 is 5.32 Å². The van der Waals surface area contributed by atoms with Crippen LogP contribution in [0.5, 0.6) is 0 Å². The Balaban J connectivity index is 1.56. The number of nitrogens with zero attached hydrogens (tertiary/aromatic N) is 1. The third-order valence-electron chi connectivity index (χ3n) is 6.56. The summed E-state index contributed by atoms with van der Waals surface area (Å²) >= 11 is 0. The zero-order chi connectivity index (χ0) is 16.7. The smallest absolute Gasteiger partial charge is 0.253 e. The molecule has 1 N–H and O–H groups in total. The highest BCUT2D eigenvalue weighted by atomic mass is 16.1. The third-order valence-corrected chi connectivity index (χ3v) is 6.56. The molecular formula is C21H28N2O. The summed E-state index contributed by atoms with van der Waals surface area (Å²) < 4.78 is 2.20. The van der Waals surface area contributed by atoms with Gasteiger partial charge in [0, 0.05) is 24.7 Å². The van der Waals surface area contributed by atoms with E-state index in [1.54, 1.807) is 0 Å². The number of fused-ring (bicyclic) bond motifs is 4. The fourth-order valence-electron chi connectivity index (χ4n) is 4.94. The quantitative estimate of drug-likeness (QED) is 0.871. The van der Waals surface area contributed by atoms with Crippen LogP contribution in [-0.4, -0.2) is 17.0 Å². The molecule has 0 aliphatic heterocycles. The number of benzene rings is 1. The summed E-state index contributed by atoms with van der Waals surface area (Å²) in [4.78, 5) is 12.9. The predicted molar refractivity (Wildman–Crippen MR) is 98.3 cm³/mol. The van der Waals surface area contributed by atoms with Gasteiger partial charge in [0.15, 0.2) is 0 Å². The molecule has 1 aromatic heterocycles. The van der Waals surface area contributed by atoms with Gasteiger partial charge in [-0.25, -0.2) is 0 Å². The molecular weight excluding hydrogens is 296 g/mol. The standard InChI is InChI=1S/C21H28N2O/c1-3-23-13-18(17-6-4-5-15(2)19(17)23)20(24)22-14-21-10-7-16(8-11-21)9-12-21/h4-6,13,16H,3,7-12,14H2,1-2H3,(H,22,24). The summed E-state index contributed by atoms with van der Waals surface area (Å²) in [5, 5.41) is 4.36. The summed E-state index contributed by atoms with van der Waals surface area (Å²) in [5.41, 5.74) is 3.64. The zero-order valence-corrected chi connectivity index (χ0v) is 14.9. The van der Waals surface area contributed by atoms with E-state index in [1.807, 2.05) is 6.20 Å². The van der Waals surface area contributed by atoms with Gasteiger partial charge in [-0.3, -0.25) is 4.79 Å². The molecule has 3 nitrogen and oxygen atoms in total. The van der Waals surface area contributed by atoms with Crippen molar-refractivity contribution in [1.82, 2.24) is 9.88 Å². The molecule has 0 unspecified atom stereocenters. The SMILES string of the molecule is CCn1cc(C(=O)NCC23CCC(CC2)CC3)c2cccc(C)c21. The van der Waals surface area contributed by atoms with Crippen LogP contribution in [0.25, 0.3) is 10.9 Å². The van der Waals surface area contributed by atoms with Gasteiger partial charge in [-0.05, 0) is 69.3 Å². The first kappa shape index (κ1) is 15.7. The van der Waals surface area contributed by atoms with Gasteiger partial charge in [-0.1, -0.05) is 18.2 Å². The van der Waals surface area contributed by atoms with E-state index in [0.717, 1.165) is 30.0 Å². The number of aryl methyl sites for hydroxylation is 2. The van der Waals surface area contributed by atoms with Crippen LogP contribution in [-0.2, 0) is 6.54 Å². The molecule has 0 radical (unpaired) electrons. The number of hydrogen-bond donors (Lipinski definition) is 1. The summed E-state index contributed by atoms with van der Waals surface area (Å²) in [5.74, 6) is 1.06. The molecule has 0 atom stereocenters. The van der Waals surface area contributed by atoms with Gasteiger partial charge in [0.2, 0.25) is 0 Å². The van der Waals surface area contributed by atoms with Crippen molar-refractivity contribution in [1.29, 1.82) is 0 Å². The number of carbonyl (C=O) groups is 1. The Morgan fingerprint density at radius 2 is 1.96 bits per heavy atom. The van der Waals surface area contributed by atoms with Gasteiger partial charge in [-0.2, -0.15) is 0 Å². The Hall–Kier alpha value is -1.77. The molecule has 128 valence electrons. The molecule has 5 rings (SSSR count). The van der Waals surface area contributed by atoms with Crippen molar-refractivity contribution in [2.75, 3.05) is 6.54 Å². The van der Waals surface area contributed by atoms with Crippen LogP contribution in [0.4, 0.5) is 0 Å². The van der Waals surface area contributed by atoms with Crippen LogP contribution in [0.3, 0.4) is 0 Å². The zero-order valence-electron chi connectivity index (χ0n) is 14.9. The third kappa shape index (κ3) is 2.54. The van der Waals surface area contributed by atoms with Crippen LogP contribution in [0.1, 0.15) is 61.4 Å². The molecule has 3 heteroatoms. The molecule has 24 heavy (non-hydrogen) atoms. The van der Waals surface area contributed by atoms with Gasteiger partial charge in [0.1, 0.15) is 0 Å². The number of carbonyl (C=O) groups excluding carboxylic acids is 1. The Morgan fingerprint density at radius 1 is 1.25 bits per heavy atom. The van der Waals surface area contributed by atoms with Crippen molar-refractivity contribution in [2.45, 2.75) is 58.9 Å². The molecule has 3 fully saturated rings. The molecule has 3 aliphatic rings. The lowest BCUT2D eigenvalue weighted by molar-refractivity contribution is 0.0598. The maximum atomic E-state index is 12.9. The van der Waals surface area contributed by atoms with Crippen LogP contribution >= 0.6 is 0 Å². The monoisotopic (exact) mass is 324 g/mol. The summed E-state index contributed by atoms with van der Waals surface area (Å²) in [6, 6.07) is 6.25. The lowest BCUT2D eigenvalue weighted by atomic mass is 9.61. The molecule has 1 aromatic carbocycles. The van der Waals surface area contributed by atoms with Gasteiger partial charge in [0.25, 0.3) is 5.91 Å². The first-order valence-electron chi connectivity index (χ1n) is 9.48. The average molecular weight is 324 g/mol. The van der Waals surface area contributed by atoms with Crippen LogP contribution in [0, 0.1) is 18.3 Å². The van der Waals surface area contributed by atoms with Crippen molar-refractivity contribution in [3.8, 4) is 0 Å². The lowest BCUT2D eigenvalue weighted by Gasteiger charge is -2.46. The minimum Gasteiger partial charge on any atom is -0.351 e. The topological polar surface area (TPSA) is 34.0 Å². The molecule has 2 bridgehead atoms. The second kappa shape index (κ2) is 5.94. The maximum absolute atomic E-state index is 12.9. The normalized spacial score (nSPS) is 26.0. The van der Waals surface area contributed by atoms with E-state index in [1.165, 1.54) is 49.6 Å². The maximum Gasteiger partial charge on any atom is 0.253 e. The average Bonchev–Trinajstić information content (AvgIpc) is 3.02. The molecule has 0 saturated heterocycles. The first-order valence-corrected chi connectivity index (χ1v) is 9.48. The van der Waals surface area contributed by atoms with Gasteiger partial charge >= 0.3 is 0 Å². The van der Waals surface area contributed by atoms with E-state index in [9.17, 15) is 4.79 Å². The van der Waals surface area contributed by atoms with Gasteiger partial charge in [-0.15, -0.1) is 0 Å². The Bertz CT molecular complexity index is 752. The van der Waals surface area contributed by atoms with E-state index in [0.29, 0.717) is 5.41 Å². The van der Waals surface area contributed by atoms with Crippen molar-refractivity contribution >= 4 is 16.8 Å². The highest BCUT2D eigenvalue weighted by Gasteiger charge is 2.40. The van der Waals surface area contributed by atoms with Crippen molar-refractivity contribution in [3.63, 3.8) is 0 Å². The first-order chi connectivity index (χ1) is 11.6. The summed E-state index contributed by atoms with van der Waals surface area (Å²) in [7, 11) is 0. The van der Waals surface area contributed by atoms with E-state index < -0.39 is 0 Å². The van der Waals surface area contributed by atoms with Crippen molar-refractivity contribution < 1.29 is 4.79 Å². The lowest BCUT2D eigenvalue weighted by Crippen LogP contribution is -2.43. The number of para-hydroxylation sites is 1. The molecule has 1 amide bonds. The number of aromatic nitrogens is 1. The highest BCUT2D eigenvalue weighted by Crippen LogP contribution is 2.49. The van der Waals surface area contributed by atoms with E-state index in [-0.39, 0.29) is 5.91 Å². The number of rotatable bonds is 4. The second-order valence-electron chi connectivity index (χ2n) is 7.96. The second-order valence-corrected chi connectivity index (χ2v) is 7.96. The minimum atomic E-state index is 0.0971. The number of nitrogens with one attached hydrogen (secondary N) is 1. The van der Waals surface area contributed by atoms with Crippen molar-refractivity contribution in [3.05, 3.63) is 35.5 Å². The molecule has 2 aromatic rings. The number of amides is 1. The Morgan fingerprint density at radius 3 is 2.62 bits per heavy atom. The summed E-state index contributed by atoms with van der Waals surface area (Å²) in [6.45, 7) is 5.99. The van der Waals surface area contributed by atoms with E-state index in [4.69, 9.17) is 0 Å². The largest absolute Gasteiger partial charge is 0.351 e. The van der Waals surface area contributed by atoms with Crippen LogP contribution in [0.15, 0.2) is 24.4 Å². The molecule has 3 saturated carbocycles. The molecule has 3 aliphatic carbocycles.